The van der Waals surface area contributed by atoms with Gasteiger partial charge in [-0.2, -0.15) is 0 Å². The van der Waals surface area contributed by atoms with Crippen molar-refractivity contribution in [2.45, 2.75) is 77.6 Å². The Labute approximate surface area is 163 Å². The molecule has 27 heavy (non-hydrogen) atoms. The second kappa shape index (κ2) is 14.0. The molecule has 0 amide bonds. The quantitative estimate of drug-likeness (QED) is 0.294. The number of hydrogen-bond donors (Lipinski definition) is 2. The maximum absolute atomic E-state index is 11.0. The van der Waals surface area contributed by atoms with Crippen LogP contribution >= 0.6 is 0 Å². The Kier molecular flexibility index (Phi) is 11.9. The number of unbranched alkanes of at least 4 members (excludes halogenated alkanes) is 9. The molecule has 4 heteroatoms. The number of benzene rings is 1. The second-order valence-electron chi connectivity index (χ2n) is 7.20. The molecule has 0 aromatic heterocycles. The first-order valence-corrected chi connectivity index (χ1v) is 10.3. The summed E-state index contributed by atoms with van der Waals surface area (Å²) < 4.78 is 0. The summed E-state index contributed by atoms with van der Waals surface area (Å²) in [6.07, 6.45) is 17.1. The van der Waals surface area contributed by atoms with Crippen LogP contribution in [0.25, 0.3) is 6.08 Å². The van der Waals surface area contributed by atoms with E-state index in [1.165, 1.54) is 57.8 Å². The Morgan fingerprint density at radius 2 is 1.52 bits per heavy atom. The summed E-state index contributed by atoms with van der Waals surface area (Å²) in [5.41, 5.74) is 1.72. The van der Waals surface area contributed by atoms with Crippen LogP contribution in [0.3, 0.4) is 0 Å². The SMILES string of the molecule is CCCCCCCCCCCC=Cc1cccc(CC(C(=O)O)C(=O)O)c1. The minimum atomic E-state index is -1.40. The third-order valence-electron chi connectivity index (χ3n) is 4.77. The maximum Gasteiger partial charge on any atom is 0.318 e. The topological polar surface area (TPSA) is 74.6 Å². The zero-order valence-electron chi connectivity index (χ0n) is 16.5. The zero-order valence-corrected chi connectivity index (χ0v) is 16.5. The second-order valence-corrected chi connectivity index (χ2v) is 7.20. The van der Waals surface area contributed by atoms with Gasteiger partial charge in [-0.1, -0.05) is 94.7 Å². The van der Waals surface area contributed by atoms with Crippen LogP contribution in [0.15, 0.2) is 30.3 Å². The first-order valence-electron chi connectivity index (χ1n) is 10.3. The van der Waals surface area contributed by atoms with Crippen molar-refractivity contribution in [3.63, 3.8) is 0 Å². The summed E-state index contributed by atoms with van der Waals surface area (Å²) in [4.78, 5) is 22.0. The van der Waals surface area contributed by atoms with Crippen molar-refractivity contribution in [3.05, 3.63) is 41.5 Å². The van der Waals surface area contributed by atoms with Gasteiger partial charge in [-0.15, -0.1) is 0 Å². The molecule has 0 bridgehead atoms. The van der Waals surface area contributed by atoms with Gasteiger partial charge in [0.15, 0.2) is 5.92 Å². The van der Waals surface area contributed by atoms with Gasteiger partial charge >= 0.3 is 11.9 Å². The first-order chi connectivity index (χ1) is 13.0. The van der Waals surface area contributed by atoms with Gasteiger partial charge in [0.1, 0.15) is 0 Å². The molecule has 0 unspecified atom stereocenters. The fraction of sp³-hybridized carbons (Fsp3) is 0.565. The van der Waals surface area contributed by atoms with E-state index in [9.17, 15) is 9.59 Å². The Hall–Kier alpha value is -2.10. The number of carbonyl (C=O) groups is 2. The Morgan fingerprint density at radius 1 is 0.926 bits per heavy atom. The van der Waals surface area contributed by atoms with Crippen LogP contribution in [0.5, 0.6) is 0 Å². The van der Waals surface area contributed by atoms with Gasteiger partial charge in [-0.05, 0) is 30.4 Å². The normalized spacial score (nSPS) is 11.3. The van der Waals surface area contributed by atoms with Crippen molar-refractivity contribution in [1.82, 2.24) is 0 Å². The summed E-state index contributed by atoms with van der Waals surface area (Å²) in [6.45, 7) is 2.24. The molecule has 1 aromatic carbocycles. The van der Waals surface area contributed by atoms with E-state index in [0.29, 0.717) is 0 Å². The highest BCUT2D eigenvalue weighted by atomic mass is 16.4. The number of carboxylic acid groups (broad SMARTS) is 2. The molecule has 1 aromatic rings. The third kappa shape index (κ3) is 10.6. The summed E-state index contributed by atoms with van der Waals surface area (Å²) in [6, 6.07) is 7.43. The highest BCUT2D eigenvalue weighted by molar-refractivity contribution is 5.93. The minimum absolute atomic E-state index is 0.00457. The average molecular weight is 375 g/mol. The zero-order chi connectivity index (χ0) is 19.9. The lowest BCUT2D eigenvalue weighted by Crippen LogP contribution is -2.25. The molecule has 0 atom stereocenters. The molecule has 0 aliphatic rings. The summed E-state index contributed by atoms with van der Waals surface area (Å²) in [5.74, 6) is -3.99. The van der Waals surface area contributed by atoms with Crippen LogP contribution in [0.1, 0.15) is 82.3 Å². The minimum Gasteiger partial charge on any atom is -0.481 e. The molecule has 0 aliphatic carbocycles. The third-order valence-corrected chi connectivity index (χ3v) is 4.77. The monoisotopic (exact) mass is 374 g/mol. The van der Waals surface area contributed by atoms with E-state index in [0.717, 1.165) is 17.5 Å². The van der Waals surface area contributed by atoms with Crippen LogP contribution in [-0.4, -0.2) is 22.2 Å². The highest BCUT2D eigenvalue weighted by Gasteiger charge is 2.25. The number of rotatable bonds is 15. The molecule has 0 radical (unpaired) electrons. The molecule has 0 fully saturated rings. The van der Waals surface area contributed by atoms with Crippen molar-refractivity contribution < 1.29 is 19.8 Å². The van der Waals surface area contributed by atoms with Crippen molar-refractivity contribution in [2.75, 3.05) is 0 Å². The lowest BCUT2D eigenvalue weighted by Gasteiger charge is -2.08. The summed E-state index contributed by atoms with van der Waals surface area (Å²) in [7, 11) is 0. The van der Waals surface area contributed by atoms with Gasteiger partial charge in [-0.3, -0.25) is 9.59 Å². The van der Waals surface area contributed by atoms with Crippen molar-refractivity contribution >= 4 is 18.0 Å². The molecular weight excluding hydrogens is 340 g/mol. The molecule has 4 nitrogen and oxygen atoms in total. The van der Waals surface area contributed by atoms with Crippen molar-refractivity contribution in [1.29, 1.82) is 0 Å². The van der Waals surface area contributed by atoms with E-state index in [4.69, 9.17) is 10.2 Å². The predicted octanol–water partition coefficient (Wildman–Crippen LogP) is 5.95. The molecule has 0 saturated heterocycles. The van der Waals surface area contributed by atoms with Gasteiger partial charge < -0.3 is 10.2 Å². The molecule has 0 heterocycles. The van der Waals surface area contributed by atoms with E-state index in [1.54, 1.807) is 6.07 Å². The molecule has 0 aliphatic heterocycles. The van der Waals surface area contributed by atoms with E-state index >= 15 is 0 Å². The largest absolute Gasteiger partial charge is 0.481 e. The van der Waals surface area contributed by atoms with Gasteiger partial charge in [0.25, 0.3) is 0 Å². The fourth-order valence-corrected chi connectivity index (χ4v) is 3.13. The van der Waals surface area contributed by atoms with Crippen LogP contribution in [-0.2, 0) is 16.0 Å². The van der Waals surface area contributed by atoms with Gasteiger partial charge in [0, 0.05) is 0 Å². The Balaban J connectivity index is 2.28. The van der Waals surface area contributed by atoms with Crippen molar-refractivity contribution in [3.8, 4) is 0 Å². The van der Waals surface area contributed by atoms with E-state index in [1.807, 2.05) is 24.3 Å². The molecule has 150 valence electrons. The van der Waals surface area contributed by atoms with Crippen LogP contribution in [0.4, 0.5) is 0 Å². The number of carboxylic acids is 2. The van der Waals surface area contributed by atoms with Crippen molar-refractivity contribution in [2.24, 2.45) is 5.92 Å². The maximum atomic E-state index is 11.0. The number of aliphatic carboxylic acids is 2. The standard InChI is InChI=1S/C23H34O4/c1-2-3-4-5-6-7-8-9-10-11-12-14-19-15-13-16-20(17-19)18-21(22(24)25)23(26)27/h12-17,21H,2-11,18H2,1H3,(H,24,25)(H,26,27). The molecule has 0 spiro atoms. The molecular formula is C23H34O4. The first kappa shape index (κ1) is 22.9. The highest BCUT2D eigenvalue weighted by Crippen LogP contribution is 2.15. The molecule has 0 saturated carbocycles. The van der Waals surface area contributed by atoms with Gasteiger partial charge in [-0.25, -0.2) is 0 Å². The van der Waals surface area contributed by atoms with Crippen LogP contribution in [0.2, 0.25) is 0 Å². The van der Waals surface area contributed by atoms with E-state index in [-0.39, 0.29) is 6.42 Å². The smallest absolute Gasteiger partial charge is 0.318 e. The lowest BCUT2D eigenvalue weighted by atomic mass is 9.98. The average Bonchev–Trinajstić information content (AvgIpc) is 2.64. The summed E-state index contributed by atoms with van der Waals surface area (Å²) in [5, 5.41) is 18.0. The Morgan fingerprint density at radius 3 is 2.11 bits per heavy atom. The van der Waals surface area contributed by atoms with Gasteiger partial charge in [0.2, 0.25) is 0 Å². The van der Waals surface area contributed by atoms with Gasteiger partial charge in [0.05, 0.1) is 0 Å². The number of allylic oxidation sites excluding steroid dienone is 1. The van der Waals surface area contributed by atoms with Crippen LogP contribution < -0.4 is 0 Å². The molecule has 2 N–H and O–H groups in total. The van der Waals surface area contributed by atoms with E-state index in [2.05, 4.69) is 13.0 Å². The summed E-state index contributed by atoms with van der Waals surface area (Å²) >= 11 is 0. The van der Waals surface area contributed by atoms with Crippen LogP contribution in [0, 0.1) is 5.92 Å². The lowest BCUT2D eigenvalue weighted by molar-refractivity contribution is -0.154. The fourth-order valence-electron chi connectivity index (χ4n) is 3.13. The Bertz CT molecular complexity index is 578. The predicted molar refractivity (Wildman–Crippen MR) is 110 cm³/mol. The molecule has 1 rings (SSSR count). The number of hydrogen-bond acceptors (Lipinski definition) is 2. The van der Waals surface area contributed by atoms with E-state index < -0.39 is 17.9 Å².